The van der Waals surface area contributed by atoms with E-state index < -0.39 is 29.6 Å². The molecule has 146 valence electrons. The zero-order valence-electron chi connectivity index (χ0n) is 15.7. The van der Waals surface area contributed by atoms with Crippen molar-refractivity contribution in [2.45, 2.75) is 45.8 Å². The summed E-state index contributed by atoms with van der Waals surface area (Å²) in [5.74, 6) is -1.42. The first-order valence-electron chi connectivity index (χ1n) is 8.36. The Kier molecular flexibility index (Phi) is 5.72. The van der Waals surface area contributed by atoms with Crippen LogP contribution in [0, 0.1) is 0 Å². The highest BCUT2D eigenvalue weighted by Crippen LogP contribution is 2.36. The van der Waals surface area contributed by atoms with E-state index in [2.05, 4.69) is 4.99 Å². The lowest BCUT2D eigenvalue weighted by Gasteiger charge is -2.34. The molecule has 1 aromatic rings. The van der Waals surface area contributed by atoms with Gasteiger partial charge in [0.15, 0.2) is 0 Å². The number of carboxylic acids is 1. The van der Waals surface area contributed by atoms with Crippen molar-refractivity contribution < 1.29 is 29.0 Å². The summed E-state index contributed by atoms with van der Waals surface area (Å²) >= 11 is 0. The third kappa shape index (κ3) is 4.96. The van der Waals surface area contributed by atoms with E-state index >= 15 is 0 Å². The van der Waals surface area contributed by atoms with Crippen molar-refractivity contribution in [3.05, 3.63) is 29.3 Å². The van der Waals surface area contributed by atoms with Gasteiger partial charge in [0.1, 0.15) is 11.4 Å². The maximum absolute atomic E-state index is 12.2. The Morgan fingerprint density at radius 1 is 1.33 bits per heavy atom. The highest BCUT2D eigenvalue weighted by Gasteiger charge is 2.32. The van der Waals surface area contributed by atoms with Crippen LogP contribution in [0.4, 0.5) is 4.79 Å². The molecular formula is C18H23N3O6. The second-order valence-electron chi connectivity index (χ2n) is 7.05. The smallest absolute Gasteiger partial charge is 0.437 e. The second kappa shape index (κ2) is 7.65. The number of rotatable bonds is 2. The van der Waals surface area contributed by atoms with Gasteiger partial charge in [-0.25, -0.2) is 9.59 Å². The van der Waals surface area contributed by atoms with Gasteiger partial charge in [0.05, 0.1) is 18.2 Å². The van der Waals surface area contributed by atoms with Crippen LogP contribution in [-0.2, 0) is 9.53 Å². The van der Waals surface area contributed by atoms with Crippen LogP contribution in [0.1, 0.15) is 56.1 Å². The average Bonchev–Trinajstić information content (AvgIpc) is 2.52. The number of carboxylic acid groups (broad SMARTS) is 1. The van der Waals surface area contributed by atoms with Crippen molar-refractivity contribution in [2.75, 3.05) is 6.61 Å². The van der Waals surface area contributed by atoms with Gasteiger partial charge >= 0.3 is 12.1 Å². The van der Waals surface area contributed by atoms with Gasteiger partial charge in [-0.1, -0.05) is 0 Å². The monoisotopic (exact) mass is 377 g/mol. The first kappa shape index (κ1) is 20.2. The summed E-state index contributed by atoms with van der Waals surface area (Å²) in [6.45, 7) is 6.63. The van der Waals surface area contributed by atoms with E-state index in [-0.39, 0.29) is 11.5 Å². The van der Waals surface area contributed by atoms with E-state index in [1.165, 1.54) is 25.1 Å². The molecule has 0 fully saturated rings. The molecule has 3 N–H and O–H groups in total. The number of nitrogens with zero attached hydrogens (tertiary/aromatic N) is 2. The van der Waals surface area contributed by atoms with Gasteiger partial charge in [0, 0.05) is 18.9 Å². The van der Waals surface area contributed by atoms with E-state index in [0.717, 1.165) is 4.90 Å². The Hall–Kier alpha value is -3.10. The number of benzene rings is 1. The van der Waals surface area contributed by atoms with Crippen molar-refractivity contribution in [1.29, 1.82) is 0 Å². The van der Waals surface area contributed by atoms with Crippen molar-refractivity contribution >= 4 is 23.9 Å². The third-order valence-corrected chi connectivity index (χ3v) is 3.76. The molecule has 0 saturated heterocycles. The molecule has 0 saturated carbocycles. The molecule has 27 heavy (non-hydrogen) atoms. The SMILES string of the molecule is CC(=O)N(/C(N)=N/C(=O)OC(C)(C)C)[C@@H]1CCOc2ccc(C(=O)O)cc21. The lowest BCUT2D eigenvalue weighted by molar-refractivity contribution is -0.127. The van der Waals surface area contributed by atoms with E-state index in [9.17, 15) is 19.5 Å². The largest absolute Gasteiger partial charge is 0.493 e. The summed E-state index contributed by atoms with van der Waals surface area (Å²) in [4.78, 5) is 40.3. The number of hydrogen-bond acceptors (Lipinski definition) is 5. The lowest BCUT2D eigenvalue weighted by atomic mass is 9.97. The van der Waals surface area contributed by atoms with Crippen LogP contribution >= 0.6 is 0 Å². The Morgan fingerprint density at radius 3 is 2.56 bits per heavy atom. The minimum absolute atomic E-state index is 0.0513. The Balaban J connectivity index is 2.41. The highest BCUT2D eigenvalue weighted by molar-refractivity contribution is 6.00. The van der Waals surface area contributed by atoms with Gasteiger partial charge in [-0.15, -0.1) is 4.99 Å². The fourth-order valence-corrected chi connectivity index (χ4v) is 2.75. The Morgan fingerprint density at radius 2 is 2.00 bits per heavy atom. The highest BCUT2D eigenvalue weighted by atomic mass is 16.6. The van der Waals surface area contributed by atoms with Crippen LogP contribution in [0.25, 0.3) is 0 Å². The predicted molar refractivity (Wildman–Crippen MR) is 96.6 cm³/mol. The van der Waals surface area contributed by atoms with Crippen LogP contribution in [0.15, 0.2) is 23.2 Å². The lowest BCUT2D eigenvalue weighted by Crippen LogP contribution is -2.45. The van der Waals surface area contributed by atoms with E-state index in [4.69, 9.17) is 15.2 Å². The topological polar surface area (TPSA) is 132 Å². The number of aromatic carboxylic acids is 1. The van der Waals surface area contributed by atoms with E-state index in [1.54, 1.807) is 20.8 Å². The van der Waals surface area contributed by atoms with E-state index in [0.29, 0.717) is 24.3 Å². The predicted octanol–water partition coefficient (Wildman–Crippen LogP) is 2.31. The quantitative estimate of drug-likeness (QED) is 0.597. The molecule has 1 atom stereocenters. The number of nitrogens with two attached hydrogens (primary N) is 1. The van der Waals surface area contributed by atoms with Gasteiger partial charge < -0.3 is 20.3 Å². The number of ether oxygens (including phenoxy) is 2. The van der Waals surface area contributed by atoms with Crippen molar-refractivity contribution in [2.24, 2.45) is 10.7 Å². The standard InChI is InChI=1S/C18H23N3O6/c1-10(22)21(16(19)20-17(25)27-18(2,3)4)13-7-8-26-14-6-5-11(15(23)24)9-12(13)14/h5-6,9,13H,7-8H2,1-4H3,(H,23,24)(H2,19,20,25)/t13-/m1/s1. The molecule has 9 heteroatoms. The summed E-state index contributed by atoms with van der Waals surface area (Å²) in [5.41, 5.74) is 5.70. The second-order valence-corrected chi connectivity index (χ2v) is 7.05. The molecule has 0 aliphatic carbocycles. The van der Waals surface area contributed by atoms with Crippen LogP contribution in [0.2, 0.25) is 0 Å². The average molecular weight is 377 g/mol. The molecule has 0 radical (unpaired) electrons. The van der Waals surface area contributed by atoms with E-state index in [1.807, 2.05) is 0 Å². The van der Waals surface area contributed by atoms with Gasteiger partial charge in [-0.05, 0) is 39.0 Å². The van der Waals surface area contributed by atoms with Gasteiger partial charge in [-0.2, -0.15) is 0 Å². The van der Waals surface area contributed by atoms with Gasteiger partial charge in [0.2, 0.25) is 11.9 Å². The van der Waals surface area contributed by atoms with Crippen LogP contribution in [-0.4, -0.2) is 46.1 Å². The normalized spacial score (nSPS) is 16.7. The maximum Gasteiger partial charge on any atom is 0.437 e. The molecule has 2 rings (SSSR count). The zero-order valence-corrected chi connectivity index (χ0v) is 15.7. The minimum atomic E-state index is -1.10. The molecule has 2 amide bonds. The Labute approximate surface area is 156 Å². The number of hydrogen-bond donors (Lipinski definition) is 2. The molecule has 1 aliphatic heterocycles. The molecule has 1 heterocycles. The maximum atomic E-state index is 12.2. The Bertz CT molecular complexity index is 797. The fourth-order valence-electron chi connectivity index (χ4n) is 2.75. The van der Waals surface area contributed by atoms with Crippen molar-refractivity contribution in [3.63, 3.8) is 0 Å². The van der Waals surface area contributed by atoms with Crippen LogP contribution in [0.5, 0.6) is 5.75 Å². The molecular weight excluding hydrogens is 354 g/mol. The first-order valence-corrected chi connectivity index (χ1v) is 8.36. The van der Waals surface area contributed by atoms with Crippen molar-refractivity contribution in [3.8, 4) is 5.75 Å². The number of carbonyl (C=O) groups is 3. The van der Waals surface area contributed by atoms with Crippen molar-refractivity contribution in [1.82, 2.24) is 4.90 Å². The number of amides is 2. The molecule has 0 bridgehead atoms. The summed E-state index contributed by atoms with van der Waals surface area (Å²) < 4.78 is 10.6. The summed E-state index contributed by atoms with van der Waals surface area (Å²) in [7, 11) is 0. The molecule has 1 aliphatic rings. The zero-order chi connectivity index (χ0) is 20.4. The molecule has 0 spiro atoms. The van der Waals surface area contributed by atoms with Gasteiger partial charge in [0.25, 0.3) is 0 Å². The molecule has 1 aromatic carbocycles. The summed E-state index contributed by atoms with van der Waals surface area (Å²) in [5, 5.41) is 9.23. The summed E-state index contributed by atoms with van der Waals surface area (Å²) in [6, 6.07) is 3.76. The third-order valence-electron chi connectivity index (χ3n) is 3.76. The van der Waals surface area contributed by atoms with Gasteiger partial charge in [-0.3, -0.25) is 9.69 Å². The summed E-state index contributed by atoms with van der Waals surface area (Å²) in [6.07, 6.45) is -0.557. The number of carbonyl (C=O) groups excluding carboxylic acids is 2. The number of guanidine groups is 1. The molecule has 0 unspecified atom stereocenters. The minimum Gasteiger partial charge on any atom is -0.493 e. The first-order chi connectivity index (χ1) is 12.5. The van der Waals surface area contributed by atoms with Crippen LogP contribution in [0.3, 0.4) is 0 Å². The fraction of sp³-hybridized carbons (Fsp3) is 0.444. The molecule has 0 aromatic heterocycles. The molecule has 9 nitrogen and oxygen atoms in total. The van der Waals surface area contributed by atoms with Crippen LogP contribution < -0.4 is 10.5 Å². The number of aliphatic imine (C=N–C) groups is 1. The number of fused-ring (bicyclic) bond motifs is 1.